The molecule has 4 heteroatoms. The third-order valence-electron chi connectivity index (χ3n) is 18.5. The van der Waals surface area contributed by atoms with Gasteiger partial charge in [-0.1, -0.05) is 250 Å². The zero-order valence-corrected chi connectivity index (χ0v) is 51.2. The van der Waals surface area contributed by atoms with Crippen molar-refractivity contribution in [1.29, 1.82) is 0 Å². The lowest BCUT2D eigenvalue weighted by molar-refractivity contribution is 0.587. The van der Waals surface area contributed by atoms with Gasteiger partial charge in [0.25, 0.3) is 6.71 Å². The Morgan fingerprint density at radius 3 is 1.38 bits per heavy atom. The van der Waals surface area contributed by atoms with Crippen molar-refractivity contribution in [3.63, 3.8) is 0 Å². The number of anilines is 5. The van der Waals surface area contributed by atoms with Crippen LogP contribution in [-0.4, -0.2) is 11.3 Å². The predicted octanol–water partition coefficient (Wildman–Crippen LogP) is 20.8. The molecule has 2 aliphatic rings. The fraction of sp³-hybridized carbons (Fsp3) is 0.195. The minimum atomic E-state index is -0.204. The average molecular weight is 1110 g/mol. The van der Waals surface area contributed by atoms with Crippen LogP contribution in [0.2, 0.25) is 0 Å². The predicted molar refractivity (Wildman–Crippen MR) is 372 cm³/mol. The van der Waals surface area contributed by atoms with Crippen molar-refractivity contribution in [3.8, 4) is 61.3 Å². The highest BCUT2D eigenvalue weighted by Crippen LogP contribution is 2.52. The first-order valence-corrected chi connectivity index (χ1v) is 31.5. The van der Waals surface area contributed by atoms with Gasteiger partial charge in [0.1, 0.15) is 0 Å². The summed E-state index contributed by atoms with van der Waals surface area (Å²) in [4.78, 5) is 2.70. The molecule has 3 nitrogen and oxygen atoms in total. The number of aromatic nitrogens is 1. The molecule has 11 aromatic carbocycles. The maximum Gasteiger partial charge on any atom is 0.252 e. The summed E-state index contributed by atoms with van der Waals surface area (Å²) < 4.78 is 2.50. The van der Waals surface area contributed by atoms with Gasteiger partial charge in [-0.2, -0.15) is 0 Å². The molecule has 1 aromatic heterocycles. The highest BCUT2D eigenvalue weighted by Gasteiger charge is 2.44. The van der Waals surface area contributed by atoms with Crippen molar-refractivity contribution in [1.82, 2.24) is 4.57 Å². The van der Waals surface area contributed by atoms with Crippen molar-refractivity contribution >= 4 is 73.3 Å². The van der Waals surface area contributed by atoms with E-state index in [9.17, 15) is 0 Å². The number of nitrogens with one attached hydrogen (secondary N) is 1. The lowest BCUT2D eigenvalue weighted by Crippen LogP contribution is -2.60. The number of hydrogen-bond acceptors (Lipinski definition) is 2. The first-order chi connectivity index (χ1) is 41.9. The van der Waals surface area contributed by atoms with Crippen molar-refractivity contribution < 1.29 is 0 Å². The summed E-state index contributed by atoms with van der Waals surface area (Å²) in [6, 6.07) is 89.9. The summed E-state index contributed by atoms with van der Waals surface area (Å²) in [5.74, 6) is 0. The molecule has 12 aromatic rings. The molecule has 0 saturated carbocycles. The zero-order valence-electron chi connectivity index (χ0n) is 51.2. The fourth-order valence-corrected chi connectivity index (χ4v) is 14.0. The molecule has 0 radical (unpaired) electrons. The average Bonchev–Trinajstić information content (AvgIpc) is 0.802. The molecular weight excluding hydrogens is 1040 g/mol. The number of nitrogens with zero attached hydrogens (tertiary/aromatic N) is 2. The van der Waals surface area contributed by atoms with Gasteiger partial charge in [0.2, 0.25) is 0 Å². The van der Waals surface area contributed by atoms with E-state index in [1.54, 1.807) is 0 Å². The second-order valence-corrected chi connectivity index (χ2v) is 26.2. The second-order valence-electron chi connectivity index (χ2n) is 26.2. The number of unbranched alkanes of at least 4 members (excludes halogenated alkanes) is 2. The summed E-state index contributed by atoms with van der Waals surface area (Å²) in [5, 5.41) is 6.91. The Hall–Kier alpha value is -9.12. The first kappa shape index (κ1) is 54.8. The Kier molecular flexibility index (Phi) is 14.1. The quantitative estimate of drug-likeness (QED) is 0.116. The van der Waals surface area contributed by atoms with Crippen LogP contribution >= 0.6 is 0 Å². The molecule has 0 fully saturated rings. The topological polar surface area (TPSA) is 20.2 Å². The van der Waals surface area contributed by atoms with Crippen molar-refractivity contribution in [3.05, 3.63) is 259 Å². The molecule has 0 unspecified atom stereocenters. The molecule has 0 bridgehead atoms. The van der Waals surface area contributed by atoms with E-state index >= 15 is 0 Å². The number of benzene rings is 11. The van der Waals surface area contributed by atoms with Gasteiger partial charge in [-0.05, 0) is 169 Å². The Morgan fingerprint density at radius 2 is 0.872 bits per heavy atom. The largest absolute Gasteiger partial charge is 0.356 e. The van der Waals surface area contributed by atoms with Gasteiger partial charge in [0, 0.05) is 55.9 Å². The molecule has 0 atom stereocenters. The Bertz CT molecular complexity index is 4380. The molecule has 3 heterocycles. The third kappa shape index (κ3) is 9.64. The number of fused-ring (bicyclic) bond motifs is 7. The standard InChI is InChI=1S/C82H76BN3/c1-9-11-29-58-45-62(81(3,4)5)46-59(30-12-10-2)77(58)69-49-61(55-33-19-14-20-34-55)50-71-79(69)84-72-51-63(82(6,7)8)52-76-78(72)83(71)70-44-43-64(85-73-41-27-25-39-65(73)66-40-26-28-42-74(66)85)53-75(70)86(76)80-67(56-35-21-15-22-36-56)47-60(54-31-17-13-18-32-54)48-68(80)57-37-23-16-24-38-57/h13-28,31-53,84H,9-12,29-30H2,1-8H3. The Balaban J connectivity index is 1.14. The zero-order chi connectivity index (χ0) is 58.8. The Labute approximate surface area is 510 Å². The summed E-state index contributed by atoms with van der Waals surface area (Å²) in [6.45, 7) is 18.8. The Morgan fingerprint density at radius 1 is 0.407 bits per heavy atom. The van der Waals surface area contributed by atoms with Crippen LogP contribution in [0.3, 0.4) is 0 Å². The number of para-hydroxylation sites is 2. The van der Waals surface area contributed by atoms with Crippen molar-refractivity contribution in [2.75, 3.05) is 10.2 Å². The molecule has 1 N–H and O–H groups in total. The van der Waals surface area contributed by atoms with Gasteiger partial charge in [0.15, 0.2) is 0 Å². The van der Waals surface area contributed by atoms with Crippen LogP contribution in [0.25, 0.3) is 83.1 Å². The molecule has 86 heavy (non-hydrogen) atoms. The maximum absolute atomic E-state index is 4.42. The van der Waals surface area contributed by atoms with E-state index in [1.807, 2.05) is 0 Å². The normalized spacial score (nSPS) is 12.7. The van der Waals surface area contributed by atoms with Crippen LogP contribution in [0.4, 0.5) is 28.4 Å². The van der Waals surface area contributed by atoms with E-state index in [-0.39, 0.29) is 17.5 Å². The number of hydrogen-bond donors (Lipinski definition) is 1. The highest BCUT2D eigenvalue weighted by atomic mass is 15.2. The van der Waals surface area contributed by atoms with Crippen LogP contribution in [0.5, 0.6) is 0 Å². The molecule has 422 valence electrons. The molecular formula is C82H76BN3. The molecule has 0 saturated heterocycles. The molecule has 0 amide bonds. The fourth-order valence-electron chi connectivity index (χ4n) is 14.0. The van der Waals surface area contributed by atoms with Gasteiger partial charge < -0.3 is 14.8 Å². The molecule has 0 spiro atoms. The maximum atomic E-state index is 4.42. The van der Waals surface area contributed by atoms with Crippen LogP contribution < -0.4 is 26.6 Å². The van der Waals surface area contributed by atoms with E-state index in [2.05, 4.69) is 307 Å². The van der Waals surface area contributed by atoms with Crippen LogP contribution in [-0.2, 0) is 23.7 Å². The van der Waals surface area contributed by atoms with Gasteiger partial charge in [-0.25, -0.2) is 0 Å². The van der Waals surface area contributed by atoms with Crippen LogP contribution in [0.15, 0.2) is 237 Å². The lowest BCUT2D eigenvalue weighted by atomic mass is 9.33. The molecule has 14 rings (SSSR count). The SMILES string of the molecule is CCCCc1cc(C(C)(C)C)cc(CCCC)c1-c1cc(-c2ccccc2)cc2c1Nc1cc(C(C)(C)C)cc3c1B2c1ccc(-n2c4ccccc4c4ccccc42)cc1N3c1c(-c2ccccc2)cc(-c2ccccc2)cc1-c1ccccc1. The van der Waals surface area contributed by atoms with Crippen molar-refractivity contribution in [2.24, 2.45) is 0 Å². The summed E-state index contributed by atoms with van der Waals surface area (Å²) in [6.07, 6.45) is 6.58. The third-order valence-corrected chi connectivity index (χ3v) is 18.5. The van der Waals surface area contributed by atoms with Crippen molar-refractivity contribution in [2.45, 2.75) is 105 Å². The smallest absolute Gasteiger partial charge is 0.252 e. The van der Waals surface area contributed by atoms with Crippen LogP contribution in [0.1, 0.15) is 103 Å². The number of aryl methyl sites for hydroxylation is 2. The minimum Gasteiger partial charge on any atom is -0.356 e. The van der Waals surface area contributed by atoms with E-state index in [0.717, 1.165) is 61.0 Å². The second kappa shape index (κ2) is 22.1. The highest BCUT2D eigenvalue weighted by molar-refractivity contribution is 7.00. The minimum absolute atomic E-state index is 0.00109. The van der Waals surface area contributed by atoms with E-state index < -0.39 is 0 Å². The summed E-state index contributed by atoms with van der Waals surface area (Å²) >= 11 is 0. The molecule has 0 aliphatic carbocycles. The lowest BCUT2D eigenvalue weighted by Gasteiger charge is -2.44. The van der Waals surface area contributed by atoms with Gasteiger partial charge >= 0.3 is 0 Å². The van der Waals surface area contributed by atoms with Gasteiger partial charge in [-0.3, -0.25) is 0 Å². The number of rotatable bonds is 13. The van der Waals surface area contributed by atoms with Gasteiger partial charge in [0.05, 0.1) is 16.7 Å². The first-order valence-electron chi connectivity index (χ1n) is 31.5. The molecule has 2 aliphatic heterocycles. The summed E-state index contributed by atoms with van der Waals surface area (Å²) in [7, 11) is 0. The van der Waals surface area contributed by atoms with Crippen LogP contribution in [0, 0.1) is 0 Å². The van der Waals surface area contributed by atoms with Gasteiger partial charge in [-0.15, -0.1) is 0 Å². The van der Waals surface area contributed by atoms with E-state index in [0.29, 0.717) is 0 Å². The van der Waals surface area contributed by atoms with E-state index in [4.69, 9.17) is 0 Å². The summed E-state index contributed by atoms with van der Waals surface area (Å²) in [5.41, 5.74) is 30.9. The van der Waals surface area contributed by atoms with E-state index in [1.165, 1.54) is 128 Å². The monoisotopic (exact) mass is 1110 g/mol.